The summed E-state index contributed by atoms with van der Waals surface area (Å²) in [5.41, 5.74) is 0.496. The Labute approximate surface area is 92.7 Å². The molecule has 0 aliphatic heterocycles. The SMILES string of the molecule is C=C(C)C(=O)OC(C)C1CCCCCC1. The number of ether oxygens (including phenoxy) is 1. The molecule has 2 nitrogen and oxygen atoms in total. The molecule has 1 saturated carbocycles. The molecule has 1 aliphatic carbocycles. The van der Waals surface area contributed by atoms with Crippen LogP contribution in [0.3, 0.4) is 0 Å². The predicted molar refractivity (Wildman–Crippen MR) is 61.6 cm³/mol. The molecule has 0 amide bonds. The van der Waals surface area contributed by atoms with Crippen molar-refractivity contribution in [3.8, 4) is 0 Å². The fourth-order valence-electron chi connectivity index (χ4n) is 2.15. The Balaban J connectivity index is 2.40. The van der Waals surface area contributed by atoms with Crippen molar-refractivity contribution in [2.75, 3.05) is 0 Å². The van der Waals surface area contributed by atoms with E-state index < -0.39 is 0 Å². The Bertz CT molecular complexity index is 225. The molecule has 15 heavy (non-hydrogen) atoms. The van der Waals surface area contributed by atoms with Crippen LogP contribution in [0.4, 0.5) is 0 Å². The zero-order valence-corrected chi connectivity index (χ0v) is 9.92. The van der Waals surface area contributed by atoms with Crippen molar-refractivity contribution < 1.29 is 9.53 Å². The molecule has 1 fully saturated rings. The predicted octanol–water partition coefficient (Wildman–Crippen LogP) is 3.46. The van der Waals surface area contributed by atoms with Crippen LogP contribution in [0.2, 0.25) is 0 Å². The molecule has 1 atom stereocenters. The van der Waals surface area contributed by atoms with Gasteiger partial charge in [-0.15, -0.1) is 0 Å². The van der Waals surface area contributed by atoms with Gasteiger partial charge in [-0.2, -0.15) is 0 Å². The van der Waals surface area contributed by atoms with Crippen molar-refractivity contribution in [2.45, 2.75) is 58.5 Å². The van der Waals surface area contributed by atoms with E-state index in [9.17, 15) is 4.79 Å². The molecule has 0 radical (unpaired) electrons. The molecule has 0 aromatic heterocycles. The summed E-state index contributed by atoms with van der Waals surface area (Å²) in [5, 5.41) is 0. The quantitative estimate of drug-likeness (QED) is 0.405. The Kier molecular flexibility index (Phi) is 4.86. The van der Waals surface area contributed by atoms with Crippen molar-refractivity contribution in [3.05, 3.63) is 12.2 Å². The molecule has 0 aromatic carbocycles. The lowest BCUT2D eigenvalue weighted by Gasteiger charge is -2.22. The average Bonchev–Trinajstić information content (AvgIpc) is 2.45. The third-order valence-electron chi connectivity index (χ3n) is 3.21. The van der Waals surface area contributed by atoms with Gasteiger partial charge in [-0.1, -0.05) is 32.3 Å². The zero-order valence-electron chi connectivity index (χ0n) is 9.92. The molecule has 0 saturated heterocycles. The number of carbonyl (C=O) groups is 1. The second-order valence-electron chi connectivity index (χ2n) is 4.64. The molecule has 0 bridgehead atoms. The Morgan fingerprint density at radius 3 is 2.27 bits per heavy atom. The van der Waals surface area contributed by atoms with Crippen LogP contribution in [0.15, 0.2) is 12.2 Å². The zero-order chi connectivity index (χ0) is 11.3. The largest absolute Gasteiger partial charge is 0.459 e. The van der Waals surface area contributed by atoms with Crippen LogP contribution in [0.25, 0.3) is 0 Å². The fourth-order valence-corrected chi connectivity index (χ4v) is 2.15. The van der Waals surface area contributed by atoms with E-state index in [1.165, 1.54) is 38.5 Å². The van der Waals surface area contributed by atoms with E-state index in [4.69, 9.17) is 4.74 Å². The van der Waals surface area contributed by atoms with E-state index in [2.05, 4.69) is 6.58 Å². The first-order valence-corrected chi connectivity index (χ1v) is 5.97. The second-order valence-corrected chi connectivity index (χ2v) is 4.64. The highest BCUT2D eigenvalue weighted by Gasteiger charge is 2.22. The average molecular weight is 210 g/mol. The summed E-state index contributed by atoms with van der Waals surface area (Å²) in [4.78, 5) is 11.4. The van der Waals surface area contributed by atoms with Crippen LogP contribution in [0, 0.1) is 5.92 Å². The summed E-state index contributed by atoms with van der Waals surface area (Å²) in [6, 6.07) is 0. The van der Waals surface area contributed by atoms with Crippen LogP contribution in [0.5, 0.6) is 0 Å². The summed E-state index contributed by atoms with van der Waals surface area (Å²) in [7, 11) is 0. The van der Waals surface area contributed by atoms with Crippen LogP contribution in [0.1, 0.15) is 52.4 Å². The summed E-state index contributed by atoms with van der Waals surface area (Å²) >= 11 is 0. The number of hydrogen-bond acceptors (Lipinski definition) is 2. The van der Waals surface area contributed by atoms with Gasteiger partial charge in [0.1, 0.15) is 6.10 Å². The lowest BCUT2D eigenvalue weighted by molar-refractivity contribution is -0.146. The smallest absolute Gasteiger partial charge is 0.333 e. The topological polar surface area (TPSA) is 26.3 Å². The first-order chi connectivity index (χ1) is 7.11. The van der Waals surface area contributed by atoms with Gasteiger partial charge in [0.15, 0.2) is 0 Å². The lowest BCUT2D eigenvalue weighted by atomic mass is 9.95. The summed E-state index contributed by atoms with van der Waals surface area (Å²) in [6.45, 7) is 7.30. The van der Waals surface area contributed by atoms with Gasteiger partial charge < -0.3 is 4.74 Å². The number of carbonyl (C=O) groups excluding carboxylic acids is 1. The van der Waals surface area contributed by atoms with Crippen molar-refractivity contribution in [3.63, 3.8) is 0 Å². The van der Waals surface area contributed by atoms with Gasteiger partial charge in [0.25, 0.3) is 0 Å². The van der Waals surface area contributed by atoms with Crippen molar-refractivity contribution in [1.82, 2.24) is 0 Å². The highest BCUT2D eigenvalue weighted by Crippen LogP contribution is 2.27. The van der Waals surface area contributed by atoms with Crippen LogP contribution < -0.4 is 0 Å². The van der Waals surface area contributed by atoms with Crippen molar-refractivity contribution in [2.24, 2.45) is 5.92 Å². The Hall–Kier alpha value is -0.790. The molecule has 86 valence electrons. The van der Waals surface area contributed by atoms with E-state index in [1.54, 1.807) is 6.92 Å². The third kappa shape index (κ3) is 4.06. The summed E-state index contributed by atoms with van der Waals surface area (Å²) in [6.07, 6.45) is 7.66. The maximum absolute atomic E-state index is 11.4. The van der Waals surface area contributed by atoms with Crippen molar-refractivity contribution >= 4 is 5.97 Å². The highest BCUT2D eigenvalue weighted by atomic mass is 16.5. The van der Waals surface area contributed by atoms with E-state index in [1.807, 2.05) is 6.92 Å². The number of esters is 1. The van der Waals surface area contributed by atoms with E-state index in [-0.39, 0.29) is 12.1 Å². The number of rotatable bonds is 3. The molecule has 0 heterocycles. The first-order valence-electron chi connectivity index (χ1n) is 5.97. The first kappa shape index (κ1) is 12.3. The van der Waals surface area contributed by atoms with E-state index in [0.717, 1.165) is 0 Å². The minimum absolute atomic E-state index is 0.0484. The van der Waals surface area contributed by atoms with Gasteiger partial charge in [-0.3, -0.25) is 0 Å². The second kappa shape index (κ2) is 5.94. The standard InChI is InChI=1S/C13H22O2/c1-10(2)13(14)15-11(3)12-8-6-4-5-7-9-12/h11-12H,1,4-9H2,2-3H3. The maximum Gasteiger partial charge on any atom is 0.333 e. The van der Waals surface area contributed by atoms with Gasteiger partial charge in [0, 0.05) is 5.57 Å². The molecule has 0 aromatic rings. The van der Waals surface area contributed by atoms with Crippen molar-refractivity contribution in [1.29, 1.82) is 0 Å². The molecular weight excluding hydrogens is 188 g/mol. The van der Waals surface area contributed by atoms with E-state index >= 15 is 0 Å². The normalized spacial score (nSPS) is 20.4. The fraction of sp³-hybridized carbons (Fsp3) is 0.769. The molecule has 1 aliphatic rings. The lowest BCUT2D eigenvalue weighted by Crippen LogP contribution is -2.24. The van der Waals surface area contributed by atoms with E-state index in [0.29, 0.717) is 11.5 Å². The molecule has 0 spiro atoms. The summed E-state index contributed by atoms with van der Waals surface area (Å²) < 4.78 is 5.37. The van der Waals surface area contributed by atoms with Gasteiger partial charge in [0.2, 0.25) is 0 Å². The van der Waals surface area contributed by atoms with Crippen LogP contribution in [-0.2, 0) is 9.53 Å². The minimum atomic E-state index is -0.244. The van der Waals surface area contributed by atoms with Gasteiger partial charge in [0.05, 0.1) is 0 Å². The maximum atomic E-state index is 11.4. The third-order valence-corrected chi connectivity index (χ3v) is 3.21. The van der Waals surface area contributed by atoms with Gasteiger partial charge >= 0.3 is 5.97 Å². The number of hydrogen-bond donors (Lipinski definition) is 0. The molecule has 2 heteroatoms. The monoisotopic (exact) mass is 210 g/mol. The minimum Gasteiger partial charge on any atom is -0.459 e. The molecule has 1 unspecified atom stereocenters. The Morgan fingerprint density at radius 2 is 1.80 bits per heavy atom. The Morgan fingerprint density at radius 1 is 1.27 bits per heavy atom. The van der Waals surface area contributed by atoms with Crippen LogP contribution >= 0.6 is 0 Å². The van der Waals surface area contributed by atoms with Gasteiger partial charge in [-0.05, 0) is 32.6 Å². The molecular formula is C13H22O2. The highest BCUT2D eigenvalue weighted by molar-refractivity contribution is 5.87. The van der Waals surface area contributed by atoms with Crippen LogP contribution in [-0.4, -0.2) is 12.1 Å². The molecule has 0 N–H and O–H groups in total. The van der Waals surface area contributed by atoms with Gasteiger partial charge in [-0.25, -0.2) is 4.79 Å². The molecule has 1 rings (SSSR count). The summed E-state index contributed by atoms with van der Waals surface area (Å²) in [5.74, 6) is 0.308.